The van der Waals surface area contributed by atoms with Crippen molar-refractivity contribution in [3.8, 4) is 0 Å². The molecule has 0 unspecified atom stereocenters. The van der Waals surface area contributed by atoms with Gasteiger partial charge in [-0.2, -0.15) is 0 Å². The van der Waals surface area contributed by atoms with Gasteiger partial charge in [-0.05, 0) is 32.1 Å². The first-order valence-electron chi connectivity index (χ1n) is 13.0. The molecule has 1 aliphatic rings. The van der Waals surface area contributed by atoms with Crippen molar-refractivity contribution in [2.24, 2.45) is 5.73 Å². The van der Waals surface area contributed by atoms with Crippen molar-refractivity contribution < 1.29 is 29.7 Å². The molecule has 4 atom stereocenters. The van der Waals surface area contributed by atoms with Crippen molar-refractivity contribution in [2.75, 3.05) is 24.7 Å². The van der Waals surface area contributed by atoms with Crippen LogP contribution < -0.4 is 21.7 Å². The third-order valence-corrected chi connectivity index (χ3v) is 7.02. The maximum Gasteiger partial charge on any atom is 0.405 e. The molecule has 1 fully saturated rings. The Bertz CT molecular complexity index is 1100. The Morgan fingerprint density at radius 3 is 2.49 bits per heavy atom. The van der Waals surface area contributed by atoms with E-state index in [1.54, 1.807) is 16.4 Å². The number of nitrogens with two attached hydrogens (primary N) is 1. The van der Waals surface area contributed by atoms with Crippen molar-refractivity contribution in [3.05, 3.63) is 0 Å². The van der Waals surface area contributed by atoms with Crippen molar-refractivity contribution in [1.82, 2.24) is 35.6 Å². The topological polar surface area (TPSA) is 230 Å². The number of aromatic nitrogens is 5. The fourth-order valence-corrected chi connectivity index (χ4v) is 4.58. The van der Waals surface area contributed by atoms with Gasteiger partial charge in [0.15, 0.2) is 22.1 Å². The predicted octanol–water partition coefficient (Wildman–Crippen LogP) is 0.626. The van der Waals surface area contributed by atoms with E-state index in [2.05, 4.69) is 44.8 Å². The number of nitrogens with one attached hydrogen (secondary N) is 3. The van der Waals surface area contributed by atoms with Crippen LogP contribution in [0.25, 0.3) is 11.2 Å². The lowest BCUT2D eigenvalue weighted by molar-refractivity contribution is -0.123. The van der Waals surface area contributed by atoms with Crippen molar-refractivity contribution in [2.45, 2.75) is 88.2 Å². The predicted molar refractivity (Wildman–Crippen MR) is 145 cm³/mol. The molecule has 0 saturated heterocycles. The molecule has 8 N–H and O–H groups in total. The maximum absolute atomic E-state index is 11.1. The largest absolute Gasteiger partial charge is 0.465 e. The van der Waals surface area contributed by atoms with Gasteiger partial charge in [0.2, 0.25) is 11.8 Å². The van der Waals surface area contributed by atoms with Gasteiger partial charge in [-0.1, -0.05) is 37.2 Å². The second-order valence-corrected chi connectivity index (χ2v) is 10.1. The summed E-state index contributed by atoms with van der Waals surface area (Å²) in [5.74, 6) is 0.558. The normalized spacial score (nSPS) is 19.2. The number of carboxylic acid groups (broad SMARTS) is 1. The first-order valence-corrected chi connectivity index (χ1v) is 14.0. The summed E-state index contributed by atoms with van der Waals surface area (Å²) in [6.45, 7) is 5.08. The maximum atomic E-state index is 11.1. The van der Waals surface area contributed by atoms with E-state index in [1.165, 1.54) is 7.05 Å². The van der Waals surface area contributed by atoms with Crippen LogP contribution in [0.4, 0.5) is 10.6 Å². The molecule has 2 heterocycles. The standard InChI is InChI=1S/C16H26N6O2S.C7H13N3O4/c1-3-5-8-17-14-12-15(19-16(18-14)25-9-4-2)22(21-20-12)10-6-7-11(23)13(10)24;1-9-6(12)4(10-7(13)14)2-3-5(8)11/h10-11,13,23-24H,3-9H2,1-2H3,(H,17,18,19);4,10H,2-3H2,1H3,(H2,8,11)(H,9,12)(H,13,14)/t10-,11-,13+;4-/m10/s1. The molecule has 2 aromatic heterocycles. The Labute approximate surface area is 230 Å². The van der Waals surface area contributed by atoms with Crippen LogP contribution in [0.3, 0.4) is 0 Å². The minimum absolute atomic E-state index is 0.0433. The van der Waals surface area contributed by atoms with E-state index in [-0.39, 0.29) is 18.9 Å². The number of thioether (sulfide) groups is 1. The zero-order chi connectivity index (χ0) is 28.9. The zero-order valence-electron chi connectivity index (χ0n) is 22.5. The number of unbranched alkanes of at least 4 members (excludes halogenated alkanes) is 1. The van der Waals surface area contributed by atoms with Crippen molar-refractivity contribution >= 4 is 46.7 Å². The van der Waals surface area contributed by atoms with Gasteiger partial charge in [0.05, 0.1) is 12.1 Å². The highest BCUT2D eigenvalue weighted by Gasteiger charge is 2.37. The molecule has 0 radical (unpaired) electrons. The number of hydrogen-bond acceptors (Lipinski definition) is 11. The lowest BCUT2D eigenvalue weighted by Gasteiger charge is -2.16. The second kappa shape index (κ2) is 16.0. The fourth-order valence-electron chi connectivity index (χ4n) is 3.88. The van der Waals surface area contributed by atoms with E-state index in [1.807, 2.05) is 5.32 Å². The molecule has 3 rings (SSSR count). The molecule has 1 saturated carbocycles. The highest BCUT2D eigenvalue weighted by Crippen LogP contribution is 2.33. The summed E-state index contributed by atoms with van der Waals surface area (Å²) in [5.41, 5.74) is 6.10. The summed E-state index contributed by atoms with van der Waals surface area (Å²) in [4.78, 5) is 41.0. The number of likely N-dealkylation sites (N-methyl/N-ethyl adjacent to an activating group) is 1. The highest BCUT2D eigenvalue weighted by atomic mass is 32.2. The first-order chi connectivity index (χ1) is 18.6. The molecule has 0 aliphatic heterocycles. The molecular formula is C23H39N9O6S. The lowest BCUT2D eigenvalue weighted by Crippen LogP contribution is -2.45. The van der Waals surface area contributed by atoms with Crippen LogP contribution in [0.15, 0.2) is 5.16 Å². The van der Waals surface area contributed by atoms with Crippen LogP contribution in [0.1, 0.15) is 64.8 Å². The fraction of sp³-hybridized carbons (Fsp3) is 0.696. The van der Waals surface area contributed by atoms with Crippen molar-refractivity contribution in [3.63, 3.8) is 0 Å². The van der Waals surface area contributed by atoms with E-state index in [0.29, 0.717) is 35.0 Å². The minimum atomic E-state index is -1.32. The highest BCUT2D eigenvalue weighted by molar-refractivity contribution is 7.99. The van der Waals surface area contributed by atoms with E-state index in [0.717, 1.165) is 31.6 Å². The molecule has 39 heavy (non-hydrogen) atoms. The Morgan fingerprint density at radius 1 is 1.18 bits per heavy atom. The number of amides is 3. The van der Waals surface area contributed by atoms with Gasteiger partial charge in [0, 0.05) is 25.8 Å². The number of primary amides is 1. The Morgan fingerprint density at radius 2 is 1.92 bits per heavy atom. The van der Waals surface area contributed by atoms with Crippen LogP contribution >= 0.6 is 11.8 Å². The molecule has 1 aliphatic carbocycles. The number of nitrogens with zero attached hydrogens (tertiary/aromatic N) is 5. The number of rotatable bonds is 13. The number of aliphatic hydroxyl groups excluding tert-OH is 2. The van der Waals surface area contributed by atoms with Gasteiger partial charge in [0.1, 0.15) is 12.1 Å². The van der Waals surface area contributed by atoms with Gasteiger partial charge in [-0.3, -0.25) is 9.59 Å². The summed E-state index contributed by atoms with van der Waals surface area (Å²) in [5, 5.41) is 45.2. The summed E-state index contributed by atoms with van der Waals surface area (Å²) in [6, 6.07) is -1.24. The Kier molecular flexibility index (Phi) is 13.1. The monoisotopic (exact) mass is 569 g/mol. The van der Waals surface area contributed by atoms with Crippen molar-refractivity contribution in [1.29, 1.82) is 0 Å². The number of carbonyl (C=O) groups is 3. The van der Waals surface area contributed by atoms with Crippen LogP contribution in [0.2, 0.25) is 0 Å². The van der Waals surface area contributed by atoms with Gasteiger partial charge in [-0.25, -0.2) is 19.4 Å². The molecular weight excluding hydrogens is 530 g/mol. The first kappa shape index (κ1) is 32.0. The summed E-state index contributed by atoms with van der Waals surface area (Å²) < 4.78 is 1.65. The Hall–Kier alpha value is -3.24. The molecule has 0 aromatic carbocycles. The van der Waals surface area contributed by atoms with Gasteiger partial charge < -0.3 is 37.0 Å². The SMILES string of the molecule is CCCCNc1nc(SCCC)nc2c1nnn2[C@@H]1CC[C@@H](O)[C@H]1O.CNC(=O)[C@H](CCC(N)=O)NC(=O)O. The molecule has 218 valence electrons. The molecule has 15 nitrogen and oxygen atoms in total. The third kappa shape index (κ3) is 9.47. The molecule has 3 amide bonds. The molecule has 0 spiro atoms. The molecule has 2 aromatic rings. The van der Waals surface area contributed by atoms with E-state index < -0.39 is 36.2 Å². The number of fused-ring (bicyclic) bond motifs is 1. The van der Waals surface area contributed by atoms with Gasteiger partial charge >= 0.3 is 6.09 Å². The van der Waals surface area contributed by atoms with Crippen LogP contribution in [0, 0.1) is 0 Å². The third-order valence-electron chi connectivity index (χ3n) is 5.96. The average Bonchev–Trinajstić information content (AvgIpc) is 3.47. The summed E-state index contributed by atoms with van der Waals surface area (Å²) >= 11 is 1.60. The van der Waals surface area contributed by atoms with Gasteiger partial charge in [0.25, 0.3) is 0 Å². The Balaban J connectivity index is 0.000000326. The smallest absolute Gasteiger partial charge is 0.405 e. The van der Waals surface area contributed by atoms with Crippen LogP contribution in [0.5, 0.6) is 0 Å². The molecule has 0 bridgehead atoms. The van der Waals surface area contributed by atoms with E-state index >= 15 is 0 Å². The second-order valence-electron chi connectivity index (χ2n) is 9.01. The van der Waals surface area contributed by atoms with Crippen LogP contribution in [-0.4, -0.2) is 95.8 Å². The average molecular weight is 570 g/mol. The molecule has 16 heteroatoms. The number of aliphatic hydroxyl groups is 2. The number of hydrogen-bond donors (Lipinski definition) is 7. The van der Waals surface area contributed by atoms with E-state index in [9.17, 15) is 24.6 Å². The quantitative estimate of drug-likeness (QED) is 0.1000. The summed E-state index contributed by atoms with van der Waals surface area (Å²) in [6.07, 6.45) is 1.52. The zero-order valence-corrected chi connectivity index (χ0v) is 23.3. The van der Waals surface area contributed by atoms with Crippen LogP contribution in [-0.2, 0) is 9.59 Å². The number of carbonyl (C=O) groups excluding carboxylic acids is 2. The summed E-state index contributed by atoms with van der Waals surface area (Å²) in [7, 11) is 1.38. The number of anilines is 1. The minimum Gasteiger partial charge on any atom is -0.465 e. The lowest BCUT2D eigenvalue weighted by atomic mass is 10.1. The van der Waals surface area contributed by atoms with Gasteiger partial charge in [-0.15, -0.1) is 5.10 Å². The van der Waals surface area contributed by atoms with E-state index in [4.69, 9.17) is 10.8 Å².